The molecule has 2 atom stereocenters. The van der Waals surface area contributed by atoms with Crippen LogP contribution in [0, 0.1) is 11.6 Å². The minimum atomic E-state index is -0.209. The number of carbonyl (C=O) groups is 1. The Hall–Kier alpha value is -2.86. The number of rotatable bonds is 4. The van der Waals surface area contributed by atoms with E-state index in [1.165, 1.54) is 40.7 Å². The number of nitrogens with zero attached hydrogens (tertiary/aromatic N) is 1. The molecule has 36 heavy (non-hydrogen) atoms. The van der Waals surface area contributed by atoms with Crippen LogP contribution in [0.1, 0.15) is 62.6 Å². The first-order valence-corrected chi connectivity index (χ1v) is 13.6. The summed E-state index contributed by atoms with van der Waals surface area (Å²) < 4.78 is 25.5. The van der Waals surface area contributed by atoms with Crippen molar-refractivity contribution in [1.82, 2.24) is 0 Å². The molecular weight excluding hydrogens is 474 g/mol. The number of nitrogens with one attached hydrogen (secondary N) is 1. The molecule has 0 saturated heterocycles. The van der Waals surface area contributed by atoms with Gasteiger partial charge in [-0.2, -0.15) is 0 Å². The van der Waals surface area contributed by atoms with Crippen molar-refractivity contribution >= 4 is 28.4 Å². The van der Waals surface area contributed by atoms with Gasteiger partial charge in [0.15, 0.2) is 0 Å². The van der Waals surface area contributed by atoms with Gasteiger partial charge < -0.3 is 10.2 Å². The lowest BCUT2D eigenvalue weighted by Gasteiger charge is -2.47. The van der Waals surface area contributed by atoms with Gasteiger partial charge in [0.05, 0.1) is 0 Å². The summed E-state index contributed by atoms with van der Waals surface area (Å²) in [6.07, 6.45) is 3.07. The molecule has 1 N–H and O–H groups in total. The number of hydrogen-bond acceptors (Lipinski definition) is 3. The van der Waals surface area contributed by atoms with Gasteiger partial charge >= 0.3 is 0 Å². The zero-order valence-electron chi connectivity index (χ0n) is 21.2. The third-order valence-corrected chi connectivity index (χ3v) is 8.17. The molecule has 3 aromatic carbocycles. The summed E-state index contributed by atoms with van der Waals surface area (Å²) in [7, 11) is 0. The zero-order valence-corrected chi connectivity index (χ0v) is 22.0. The van der Waals surface area contributed by atoms with Crippen LogP contribution in [0.15, 0.2) is 66.7 Å². The first kappa shape index (κ1) is 26.2. The highest BCUT2D eigenvalue weighted by molar-refractivity contribution is 8.13. The van der Waals surface area contributed by atoms with Crippen molar-refractivity contribution in [1.29, 1.82) is 0 Å². The minimum Gasteiger partial charge on any atom is -0.371 e. The number of carbonyl (C=O) groups excluding carboxylic acids is 1. The molecule has 5 rings (SSSR count). The highest BCUT2D eigenvalue weighted by atomic mass is 32.2. The Morgan fingerprint density at radius 2 is 1.75 bits per heavy atom. The van der Waals surface area contributed by atoms with Gasteiger partial charge in [-0.05, 0) is 78.3 Å². The number of benzene rings is 3. The molecule has 0 aromatic heterocycles. The number of thioether (sulfide) groups is 1. The fourth-order valence-corrected chi connectivity index (χ4v) is 5.67. The van der Waals surface area contributed by atoms with Gasteiger partial charge in [0, 0.05) is 35.6 Å². The first-order chi connectivity index (χ1) is 17.3. The van der Waals surface area contributed by atoms with Gasteiger partial charge in [-0.15, -0.1) is 0 Å². The average Bonchev–Trinajstić information content (AvgIpc) is 2.88. The monoisotopic (exact) mass is 508 g/mol. The van der Waals surface area contributed by atoms with E-state index in [4.69, 9.17) is 0 Å². The SMILES string of the molecule is CCCSC(=O)Nc1cc2c3c(c1)C(C)(c1ccc(F)cc1)CCN3CCC2C.Fc1ccccc1. The van der Waals surface area contributed by atoms with E-state index < -0.39 is 0 Å². The van der Waals surface area contributed by atoms with Crippen LogP contribution >= 0.6 is 11.8 Å². The molecule has 0 radical (unpaired) electrons. The fraction of sp³-hybridized carbons (Fsp3) is 0.367. The van der Waals surface area contributed by atoms with Crippen molar-refractivity contribution < 1.29 is 13.6 Å². The number of hydrogen-bond donors (Lipinski definition) is 1. The second kappa shape index (κ2) is 11.5. The molecule has 6 heteroatoms. The van der Waals surface area contributed by atoms with E-state index in [0.717, 1.165) is 49.4 Å². The summed E-state index contributed by atoms with van der Waals surface area (Å²) in [6, 6.07) is 19.2. The molecule has 2 aliphatic heterocycles. The van der Waals surface area contributed by atoms with Gasteiger partial charge in [0.1, 0.15) is 11.6 Å². The second-order valence-corrected chi connectivity index (χ2v) is 10.9. The Labute approximate surface area is 217 Å². The Kier molecular flexibility index (Phi) is 8.35. The number of halogens is 2. The highest BCUT2D eigenvalue weighted by Gasteiger charge is 2.40. The number of amides is 1. The lowest BCUT2D eigenvalue weighted by Crippen LogP contribution is -2.43. The van der Waals surface area contributed by atoms with E-state index in [2.05, 4.69) is 43.1 Å². The summed E-state index contributed by atoms with van der Waals surface area (Å²) in [6.45, 7) is 8.67. The van der Waals surface area contributed by atoms with Crippen molar-refractivity contribution in [2.75, 3.05) is 29.1 Å². The molecule has 190 valence electrons. The summed E-state index contributed by atoms with van der Waals surface area (Å²) >= 11 is 1.33. The van der Waals surface area contributed by atoms with Gasteiger partial charge in [-0.3, -0.25) is 4.79 Å². The molecule has 0 saturated carbocycles. The fourth-order valence-electron chi connectivity index (χ4n) is 5.09. The maximum absolute atomic E-state index is 13.6. The van der Waals surface area contributed by atoms with E-state index in [9.17, 15) is 13.6 Å². The standard InChI is InChI=1S/C24H29FN2OS.C6H5F/c1-4-13-29-23(28)26-19-14-20-16(2)9-11-27-12-10-24(3,21(15-19)22(20)27)17-5-7-18(25)8-6-17;7-6-4-2-1-3-5-6/h5-8,14-16H,4,9-13H2,1-3H3,(H,26,28);1-5H. The van der Waals surface area contributed by atoms with Crippen LogP contribution in [0.25, 0.3) is 0 Å². The van der Waals surface area contributed by atoms with E-state index in [-0.39, 0.29) is 22.3 Å². The van der Waals surface area contributed by atoms with Crippen molar-refractivity contribution in [3.05, 3.63) is 95.1 Å². The molecule has 0 bridgehead atoms. The Morgan fingerprint density at radius 1 is 1.06 bits per heavy atom. The lowest BCUT2D eigenvalue weighted by atomic mass is 9.68. The molecule has 0 fully saturated rings. The van der Waals surface area contributed by atoms with Crippen molar-refractivity contribution in [3.8, 4) is 0 Å². The van der Waals surface area contributed by atoms with Crippen LogP contribution in [0.4, 0.5) is 25.0 Å². The molecule has 2 aliphatic rings. The molecule has 0 spiro atoms. The van der Waals surface area contributed by atoms with Gasteiger partial charge in [0.25, 0.3) is 5.24 Å². The summed E-state index contributed by atoms with van der Waals surface area (Å²) in [5, 5.41) is 3.10. The highest BCUT2D eigenvalue weighted by Crippen LogP contribution is 2.50. The van der Waals surface area contributed by atoms with Crippen LogP contribution in [-0.2, 0) is 5.41 Å². The minimum absolute atomic E-state index is 0.00128. The van der Waals surface area contributed by atoms with E-state index in [1.807, 2.05) is 12.1 Å². The molecule has 3 nitrogen and oxygen atoms in total. The van der Waals surface area contributed by atoms with E-state index in [0.29, 0.717) is 5.92 Å². The predicted octanol–water partition coefficient (Wildman–Crippen LogP) is 8.35. The summed E-state index contributed by atoms with van der Waals surface area (Å²) in [4.78, 5) is 14.9. The third-order valence-electron chi connectivity index (χ3n) is 7.19. The van der Waals surface area contributed by atoms with E-state index >= 15 is 0 Å². The molecule has 0 aliphatic carbocycles. The van der Waals surface area contributed by atoms with Gasteiger partial charge in [-0.25, -0.2) is 8.78 Å². The first-order valence-electron chi connectivity index (χ1n) is 12.7. The topological polar surface area (TPSA) is 32.3 Å². The zero-order chi connectivity index (χ0) is 25.7. The molecule has 2 unspecified atom stereocenters. The van der Waals surface area contributed by atoms with E-state index in [1.54, 1.807) is 30.3 Å². The Balaban J connectivity index is 0.000000375. The smallest absolute Gasteiger partial charge is 0.283 e. The van der Waals surface area contributed by atoms with Crippen molar-refractivity contribution in [3.63, 3.8) is 0 Å². The van der Waals surface area contributed by atoms with Gasteiger partial charge in [-0.1, -0.05) is 62.9 Å². The predicted molar refractivity (Wildman–Crippen MR) is 147 cm³/mol. The second-order valence-electron chi connectivity index (χ2n) is 9.78. The van der Waals surface area contributed by atoms with Crippen LogP contribution in [0.5, 0.6) is 0 Å². The average molecular weight is 509 g/mol. The lowest BCUT2D eigenvalue weighted by molar-refractivity contribution is 0.269. The quantitative estimate of drug-likeness (QED) is 0.384. The molecule has 3 aromatic rings. The van der Waals surface area contributed by atoms with Crippen LogP contribution in [0.3, 0.4) is 0 Å². The Morgan fingerprint density at radius 3 is 2.39 bits per heavy atom. The van der Waals surface area contributed by atoms with Crippen LogP contribution in [-0.4, -0.2) is 24.1 Å². The summed E-state index contributed by atoms with van der Waals surface area (Å²) in [5.74, 6) is 0.888. The maximum atomic E-state index is 13.6. The van der Waals surface area contributed by atoms with Crippen LogP contribution < -0.4 is 10.2 Å². The van der Waals surface area contributed by atoms with Gasteiger partial charge in [0.2, 0.25) is 0 Å². The van der Waals surface area contributed by atoms with Crippen molar-refractivity contribution in [2.24, 2.45) is 0 Å². The van der Waals surface area contributed by atoms with Crippen molar-refractivity contribution in [2.45, 2.75) is 51.4 Å². The Bertz CT molecular complexity index is 1190. The van der Waals surface area contributed by atoms with Crippen LogP contribution in [0.2, 0.25) is 0 Å². The number of anilines is 2. The molecular formula is C30H34F2N2OS. The molecule has 2 heterocycles. The normalized spacial score (nSPS) is 20.1. The maximum Gasteiger partial charge on any atom is 0.283 e. The third kappa shape index (κ3) is 5.75. The molecule has 1 amide bonds. The largest absolute Gasteiger partial charge is 0.371 e. The summed E-state index contributed by atoms with van der Waals surface area (Å²) in [5.41, 5.74) is 5.68.